The van der Waals surface area contributed by atoms with Gasteiger partial charge in [-0.3, -0.25) is 0 Å². The van der Waals surface area contributed by atoms with E-state index in [-0.39, 0.29) is 17.4 Å². The summed E-state index contributed by atoms with van der Waals surface area (Å²) in [4.78, 5) is 0.361. The first-order valence-corrected chi connectivity index (χ1v) is 11.9. The molecule has 0 spiro atoms. The minimum atomic E-state index is -3.61. The SMILES string of the molecule is O=S(=O)(c1ccccc1)N1CC(c2ccccc2)(c2ccccc2)[C@@H]2CCC=C[C@@H]21. The summed E-state index contributed by atoms with van der Waals surface area (Å²) in [5.74, 6) is 0.186. The quantitative estimate of drug-likeness (QED) is 0.562. The van der Waals surface area contributed by atoms with E-state index in [9.17, 15) is 8.42 Å². The summed E-state index contributed by atoms with van der Waals surface area (Å²) in [6.45, 7) is 0.442. The van der Waals surface area contributed by atoms with Gasteiger partial charge in [0.05, 0.1) is 4.90 Å². The van der Waals surface area contributed by atoms with E-state index in [2.05, 4.69) is 60.7 Å². The summed E-state index contributed by atoms with van der Waals surface area (Å²) in [6.07, 6.45) is 6.19. The Hall–Kier alpha value is -2.69. The van der Waals surface area contributed by atoms with Crippen molar-refractivity contribution in [1.82, 2.24) is 4.31 Å². The number of nitrogens with zero attached hydrogens (tertiary/aromatic N) is 1. The van der Waals surface area contributed by atoms with Gasteiger partial charge in [0.15, 0.2) is 0 Å². The summed E-state index contributed by atoms with van der Waals surface area (Å²) in [6, 6.07) is 29.6. The van der Waals surface area contributed by atoms with E-state index in [1.165, 1.54) is 11.1 Å². The number of rotatable bonds is 4. The summed E-state index contributed by atoms with van der Waals surface area (Å²) in [7, 11) is -3.61. The Bertz CT molecular complexity index is 1100. The van der Waals surface area contributed by atoms with Crippen LogP contribution in [0.4, 0.5) is 0 Å². The Labute approximate surface area is 178 Å². The fourth-order valence-electron chi connectivity index (χ4n) is 5.34. The van der Waals surface area contributed by atoms with Gasteiger partial charge in [-0.1, -0.05) is 91.0 Å². The highest BCUT2D eigenvalue weighted by molar-refractivity contribution is 7.89. The molecule has 1 fully saturated rings. The zero-order chi connectivity index (χ0) is 20.6. The molecule has 3 nitrogen and oxygen atoms in total. The van der Waals surface area contributed by atoms with Gasteiger partial charge in [-0.25, -0.2) is 8.42 Å². The van der Waals surface area contributed by atoms with Gasteiger partial charge >= 0.3 is 0 Å². The lowest BCUT2D eigenvalue weighted by molar-refractivity contribution is 0.332. The van der Waals surface area contributed by atoms with Gasteiger partial charge in [0.25, 0.3) is 0 Å². The van der Waals surface area contributed by atoms with E-state index < -0.39 is 10.0 Å². The van der Waals surface area contributed by atoms with Crippen LogP contribution >= 0.6 is 0 Å². The lowest BCUT2D eigenvalue weighted by Crippen LogP contribution is -2.38. The van der Waals surface area contributed by atoms with Gasteiger partial charge in [0.1, 0.15) is 0 Å². The molecule has 30 heavy (non-hydrogen) atoms. The molecule has 0 bridgehead atoms. The van der Waals surface area contributed by atoms with Gasteiger partial charge < -0.3 is 0 Å². The van der Waals surface area contributed by atoms with Crippen LogP contribution < -0.4 is 0 Å². The molecule has 0 saturated carbocycles. The van der Waals surface area contributed by atoms with Crippen LogP contribution in [0.5, 0.6) is 0 Å². The van der Waals surface area contributed by atoms with Gasteiger partial charge in [0, 0.05) is 18.0 Å². The Morgan fingerprint density at radius 2 is 1.30 bits per heavy atom. The number of benzene rings is 3. The third-order valence-corrected chi connectivity index (χ3v) is 8.55. The second-order valence-corrected chi connectivity index (χ2v) is 10.1. The lowest BCUT2D eigenvalue weighted by Gasteiger charge is -2.38. The molecular formula is C26H25NO2S. The monoisotopic (exact) mass is 415 g/mol. The molecule has 1 aliphatic heterocycles. The number of hydrogen-bond acceptors (Lipinski definition) is 2. The Morgan fingerprint density at radius 3 is 1.87 bits per heavy atom. The number of sulfonamides is 1. The van der Waals surface area contributed by atoms with Crippen molar-refractivity contribution in [2.45, 2.75) is 29.2 Å². The van der Waals surface area contributed by atoms with Crippen LogP contribution in [-0.4, -0.2) is 25.3 Å². The average molecular weight is 416 g/mol. The van der Waals surface area contributed by atoms with E-state index >= 15 is 0 Å². The molecule has 5 rings (SSSR count). The predicted octanol–water partition coefficient (Wildman–Crippen LogP) is 5.01. The van der Waals surface area contributed by atoms with Crippen LogP contribution in [0.25, 0.3) is 0 Å². The maximum atomic E-state index is 13.7. The van der Waals surface area contributed by atoms with Crippen molar-refractivity contribution >= 4 is 10.0 Å². The highest BCUT2D eigenvalue weighted by Crippen LogP contribution is 2.52. The summed E-state index contributed by atoms with van der Waals surface area (Å²) >= 11 is 0. The van der Waals surface area contributed by atoms with Crippen molar-refractivity contribution in [3.8, 4) is 0 Å². The van der Waals surface area contributed by atoms with E-state index in [1.54, 1.807) is 28.6 Å². The lowest BCUT2D eigenvalue weighted by atomic mass is 9.64. The van der Waals surface area contributed by atoms with Crippen molar-refractivity contribution < 1.29 is 8.42 Å². The van der Waals surface area contributed by atoms with E-state index in [1.807, 2.05) is 18.2 Å². The third-order valence-electron chi connectivity index (χ3n) is 6.69. The van der Waals surface area contributed by atoms with Gasteiger partial charge in [-0.05, 0) is 42.0 Å². The molecular weight excluding hydrogens is 390 g/mol. The highest BCUT2D eigenvalue weighted by Gasteiger charge is 2.56. The second kappa shape index (κ2) is 7.53. The standard InChI is InChI=1S/C26H25NO2S/c28-30(29,23-16-8-3-9-17-23)27-20-26(21-12-4-1-5-13-21,22-14-6-2-7-15-22)24-18-10-11-19-25(24)27/h1-9,11-17,19,24-25H,10,18,20H2/t24-,25+/m1/s1. The predicted molar refractivity (Wildman–Crippen MR) is 120 cm³/mol. The summed E-state index contributed by atoms with van der Waals surface area (Å²) in [5, 5.41) is 0. The van der Waals surface area contributed by atoms with Crippen molar-refractivity contribution in [1.29, 1.82) is 0 Å². The second-order valence-electron chi connectivity index (χ2n) is 8.17. The Balaban J connectivity index is 1.72. The molecule has 3 aromatic carbocycles. The Kier molecular flexibility index (Phi) is 4.84. The number of allylic oxidation sites excluding steroid dienone is 1. The van der Waals surface area contributed by atoms with Crippen LogP contribution in [-0.2, 0) is 15.4 Å². The normalized spacial score (nSPS) is 23.2. The molecule has 3 aromatic rings. The smallest absolute Gasteiger partial charge is 0.207 e. The minimum absolute atomic E-state index is 0.149. The molecule has 0 unspecified atom stereocenters. The third kappa shape index (κ3) is 2.94. The molecule has 2 atom stereocenters. The molecule has 1 saturated heterocycles. The van der Waals surface area contributed by atoms with Crippen LogP contribution in [0.15, 0.2) is 108 Å². The molecule has 1 heterocycles. The van der Waals surface area contributed by atoms with Crippen LogP contribution in [0, 0.1) is 5.92 Å². The van der Waals surface area contributed by atoms with Crippen LogP contribution in [0.3, 0.4) is 0 Å². The highest BCUT2D eigenvalue weighted by atomic mass is 32.2. The molecule has 152 valence electrons. The van der Waals surface area contributed by atoms with Crippen molar-refractivity contribution in [3.63, 3.8) is 0 Å². The topological polar surface area (TPSA) is 37.4 Å². The first-order valence-electron chi connectivity index (χ1n) is 10.5. The van der Waals surface area contributed by atoms with Gasteiger partial charge in [-0.2, -0.15) is 4.31 Å². The first kappa shape index (κ1) is 19.3. The minimum Gasteiger partial charge on any atom is -0.207 e. The van der Waals surface area contributed by atoms with Crippen molar-refractivity contribution in [2.75, 3.05) is 6.54 Å². The molecule has 0 radical (unpaired) electrons. The van der Waals surface area contributed by atoms with E-state index in [4.69, 9.17) is 0 Å². The molecule has 2 aliphatic rings. The fourth-order valence-corrected chi connectivity index (χ4v) is 7.02. The molecule has 0 amide bonds. The molecule has 1 aliphatic carbocycles. The van der Waals surface area contributed by atoms with Crippen LogP contribution in [0.1, 0.15) is 24.0 Å². The van der Waals surface area contributed by atoms with Crippen molar-refractivity contribution in [2.24, 2.45) is 5.92 Å². The van der Waals surface area contributed by atoms with E-state index in [0.717, 1.165) is 12.8 Å². The fraction of sp³-hybridized carbons (Fsp3) is 0.231. The number of fused-ring (bicyclic) bond motifs is 1. The summed E-state index contributed by atoms with van der Waals surface area (Å²) in [5.41, 5.74) is 2.00. The van der Waals surface area contributed by atoms with Gasteiger partial charge in [-0.15, -0.1) is 0 Å². The maximum Gasteiger partial charge on any atom is 0.243 e. The first-order chi connectivity index (χ1) is 14.6. The largest absolute Gasteiger partial charge is 0.243 e. The average Bonchev–Trinajstić information content (AvgIpc) is 3.18. The zero-order valence-corrected chi connectivity index (χ0v) is 17.6. The van der Waals surface area contributed by atoms with Crippen LogP contribution in [0.2, 0.25) is 0 Å². The Morgan fingerprint density at radius 1 is 0.767 bits per heavy atom. The molecule has 0 aromatic heterocycles. The zero-order valence-electron chi connectivity index (χ0n) is 16.8. The van der Waals surface area contributed by atoms with E-state index in [0.29, 0.717) is 11.4 Å². The molecule has 0 N–H and O–H groups in total. The number of hydrogen-bond donors (Lipinski definition) is 0. The summed E-state index contributed by atoms with van der Waals surface area (Å²) < 4.78 is 29.2. The van der Waals surface area contributed by atoms with Crippen molar-refractivity contribution in [3.05, 3.63) is 114 Å². The maximum absolute atomic E-state index is 13.7. The van der Waals surface area contributed by atoms with Gasteiger partial charge in [0.2, 0.25) is 10.0 Å². The molecule has 4 heteroatoms.